The van der Waals surface area contributed by atoms with Gasteiger partial charge in [0.25, 0.3) is 0 Å². The number of hydrogen-bond donors (Lipinski definition) is 0. The number of carbonyl (C=O) groups is 1. The molecule has 6 nitrogen and oxygen atoms in total. The third-order valence-electron chi connectivity index (χ3n) is 12.4. The van der Waals surface area contributed by atoms with E-state index in [1.807, 2.05) is 30.3 Å². The molecule has 1 aromatic rings. The van der Waals surface area contributed by atoms with Crippen LogP contribution in [0.15, 0.2) is 40.0 Å². The van der Waals surface area contributed by atoms with Gasteiger partial charge in [-0.05, 0) is 18.1 Å². The quantitative estimate of drug-likeness (QED) is 0.0472. The van der Waals surface area contributed by atoms with Gasteiger partial charge in [-0.15, -0.1) is 0 Å². The van der Waals surface area contributed by atoms with Gasteiger partial charge in [0.1, 0.15) is 0 Å². The first-order chi connectivity index (χ1) is 25.5. The van der Waals surface area contributed by atoms with Crippen LogP contribution in [0.25, 0.3) is 0 Å². The SMILES string of the molecule is CCC[CH2][Sn]([CH2]CCC)([CH2]CCC)/[C](C)=C\[C@H](C)[C@@H](OCOC)[C@@H](C)C#CC(=O)C[C@@H]1O[C@H](c2ccccc2)O[C@H]([C@@H](C)CO[Si](C)(C)C(C)(C)C)[C@H]1C. The molecule has 0 saturated carbocycles. The summed E-state index contributed by atoms with van der Waals surface area (Å²) < 4.78 is 37.6. The van der Waals surface area contributed by atoms with E-state index >= 15 is 0 Å². The van der Waals surface area contributed by atoms with Gasteiger partial charge in [-0.2, -0.15) is 0 Å². The Balaban J connectivity index is 2.32. The van der Waals surface area contributed by atoms with Crippen LogP contribution in [0.2, 0.25) is 31.4 Å². The van der Waals surface area contributed by atoms with E-state index in [9.17, 15) is 4.79 Å². The Labute approximate surface area is 337 Å². The fourth-order valence-corrected chi connectivity index (χ4v) is 24.9. The topological polar surface area (TPSA) is 63.2 Å². The Morgan fingerprint density at radius 2 is 1.54 bits per heavy atom. The number of benzene rings is 1. The first-order valence-electron chi connectivity index (χ1n) is 21.3. The molecule has 0 aromatic heterocycles. The molecule has 54 heavy (non-hydrogen) atoms. The summed E-state index contributed by atoms with van der Waals surface area (Å²) >= 11 is -2.56. The zero-order valence-electron chi connectivity index (χ0n) is 37.0. The van der Waals surface area contributed by atoms with Crippen molar-refractivity contribution in [1.29, 1.82) is 0 Å². The summed E-state index contributed by atoms with van der Waals surface area (Å²) in [5, 5.41) is 0.123. The van der Waals surface area contributed by atoms with Gasteiger partial charge in [-0.1, -0.05) is 58.0 Å². The van der Waals surface area contributed by atoms with Crippen molar-refractivity contribution in [2.24, 2.45) is 23.7 Å². The van der Waals surface area contributed by atoms with Gasteiger partial charge < -0.3 is 9.16 Å². The zero-order valence-corrected chi connectivity index (χ0v) is 40.9. The van der Waals surface area contributed by atoms with Crippen molar-refractivity contribution in [3.63, 3.8) is 0 Å². The summed E-state index contributed by atoms with van der Waals surface area (Å²) in [4.78, 5) is 13.7. The number of ketones is 1. The minimum absolute atomic E-state index is 0.0169. The second kappa shape index (κ2) is 24.0. The Hall–Kier alpha value is -0.994. The summed E-state index contributed by atoms with van der Waals surface area (Å²) in [6.45, 7) is 30.3. The molecule has 1 heterocycles. The van der Waals surface area contributed by atoms with Gasteiger partial charge in [0.2, 0.25) is 0 Å². The number of ether oxygens (including phenoxy) is 4. The van der Waals surface area contributed by atoms with Crippen LogP contribution in [-0.4, -0.2) is 71.3 Å². The van der Waals surface area contributed by atoms with Crippen molar-refractivity contribution >= 4 is 32.5 Å². The molecular formula is C46H80O6SiSn. The van der Waals surface area contributed by atoms with Crippen molar-refractivity contribution < 1.29 is 28.2 Å². The molecular weight excluding hydrogens is 795 g/mol. The average Bonchev–Trinajstić information content (AvgIpc) is 3.13. The molecule has 1 aromatic carbocycles. The first-order valence-corrected chi connectivity index (χ1v) is 31.7. The molecule has 0 amide bonds. The molecule has 1 fully saturated rings. The Morgan fingerprint density at radius 3 is 2.06 bits per heavy atom. The third-order valence-corrected chi connectivity index (χ3v) is 33.4. The van der Waals surface area contributed by atoms with Crippen molar-refractivity contribution in [3.05, 3.63) is 45.6 Å². The van der Waals surface area contributed by atoms with Crippen LogP contribution in [-0.2, 0) is 28.2 Å². The molecule has 1 saturated heterocycles. The standard InChI is InChI=1S/C34H53O6Si.3C4H9.Sn/c1-12-16-24(2)31(37-23-36-9)25(3)19-20-29(35)21-30-27(5)32(26(4)22-38-41(10,11)34(6,7)8)40-33(39-30)28-17-14-13-15-18-28;3*1-3-4-2;/h13-18,24-27,30-33H,21-23H2,1-11H3;3*1,3-4H2,2H3;/t24-,25-,26-,27-,30-,31+,32+,33-;;;;/m0..../s1. The van der Waals surface area contributed by atoms with E-state index in [1.165, 1.54) is 51.8 Å². The predicted molar refractivity (Wildman–Crippen MR) is 232 cm³/mol. The molecule has 0 aliphatic carbocycles. The van der Waals surface area contributed by atoms with Crippen molar-refractivity contribution in [1.82, 2.24) is 0 Å². The second-order valence-corrected chi connectivity index (χ2v) is 36.6. The van der Waals surface area contributed by atoms with Gasteiger partial charge in [0.15, 0.2) is 8.32 Å². The van der Waals surface area contributed by atoms with Gasteiger partial charge in [-0.25, -0.2) is 0 Å². The Bertz CT molecular complexity index is 1290. The van der Waals surface area contributed by atoms with E-state index in [0.29, 0.717) is 6.61 Å². The van der Waals surface area contributed by atoms with E-state index < -0.39 is 33.0 Å². The molecule has 8 atom stereocenters. The molecule has 8 heteroatoms. The number of hydrogen-bond acceptors (Lipinski definition) is 6. The van der Waals surface area contributed by atoms with Gasteiger partial charge >= 0.3 is 228 Å². The molecule has 0 unspecified atom stereocenters. The molecule has 308 valence electrons. The number of rotatable bonds is 23. The van der Waals surface area contributed by atoms with Crippen LogP contribution >= 0.6 is 0 Å². The van der Waals surface area contributed by atoms with Crippen LogP contribution in [0.3, 0.4) is 0 Å². The Kier molecular flexibility index (Phi) is 21.9. The number of carbonyl (C=O) groups excluding carboxylic acids is 1. The van der Waals surface area contributed by atoms with Gasteiger partial charge in [0.05, 0.1) is 0 Å². The molecule has 0 N–H and O–H groups in total. The van der Waals surface area contributed by atoms with Crippen LogP contribution in [0.5, 0.6) is 0 Å². The second-order valence-electron chi connectivity index (χ2n) is 17.9. The summed E-state index contributed by atoms with van der Waals surface area (Å²) in [5.74, 6) is 6.35. The maximum atomic E-state index is 13.7. The van der Waals surface area contributed by atoms with Crippen molar-refractivity contribution in [2.75, 3.05) is 20.5 Å². The zero-order chi connectivity index (χ0) is 40.5. The number of methoxy groups -OCH3 is 1. The third kappa shape index (κ3) is 15.1. The summed E-state index contributed by atoms with van der Waals surface area (Å²) in [6.07, 6.45) is 9.33. The molecule has 1 aliphatic rings. The van der Waals surface area contributed by atoms with Crippen LogP contribution in [0.4, 0.5) is 0 Å². The number of Topliss-reactive ketones (excluding diaryl/α,β-unsaturated/α-hetero) is 1. The van der Waals surface area contributed by atoms with Crippen molar-refractivity contribution in [2.45, 2.75) is 177 Å². The molecule has 0 radical (unpaired) electrons. The van der Waals surface area contributed by atoms with E-state index in [1.54, 1.807) is 10.7 Å². The van der Waals surface area contributed by atoms with Crippen LogP contribution in [0.1, 0.15) is 133 Å². The predicted octanol–water partition coefficient (Wildman–Crippen LogP) is 12.3. The van der Waals surface area contributed by atoms with Gasteiger partial charge in [0, 0.05) is 18.1 Å². The summed E-state index contributed by atoms with van der Waals surface area (Å²) in [5.41, 5.74) is 0.951. The monoisotopic (exact) mass is 876 g/mol. The Morgan fingerprint density at radius 1 is 0.963 bits per heavy atom. The fraction of sp³-hybridized carbons (Fsp3) is 0.761. The van der Waals surface area contributed by atoms with Crippen LogP contribution in [0, 0.1) is 35.5 Å². The van der Waals surface area contributed by atoms with Crippen molar-refractivity contribution in [3.8, 4) is 11.8 Å². The summed E-state index contributed by atoms with van der Waals surface area (Å²) in [7, 11) is -0.276. The average molecular weight is 876 g/mol. The minimum atomic E-state index is -2.56. The normalized spacial score (nSPS) is 22.2. The van der Waals surface area contributed by atoms with E-state index in [0.717, 1.165) is 5.56 Å². The summed E-state index contributed by atoms with van der Waals surface area (Å²) in [6, 6.07) is 10.0. The van der Waals surface area contributed by atoms with E-state index in [4.69, 9.17) is 23.4 Å². The molecule has 2 rings (SSSR count). The maximum absolute atomic E-state index is 13.7. The van der Waals surface area contributed by atoms with Gasteiger partial charge in [-0.3, -0.25) is 0 Å². The van der Waals surface area contributed by atoms with E-state index in [2.05, 4.69) is 107 Å². The first kappa shape index (κ1) is 49.2. The molecule has 1 aliphatic heterocycles. The van der Waals surface area contributed by atoms with Crippen LogP contribution < -0.4 is 0 Å². The fourth-order valence-electron chi connectivity index (χ4n) is 7.68. The molecule has 0 spiro atoms. The number of unbranched alkanes of at least 4 members (excludes halogenated alkanes) is 3. The van der Waals surface area contributed by atoms with E-state index in [-0.39, 0.29) is 66.0 Å². The molecule has 0 bridgehead atoms. The number of allylic oxidation sites excluding steroid dienone is 1.